The molecule has 154 valence electrons. The zero-order valence-corrected chi connectivity index (χ0v) is 18.0. The smallest absolute Gasteiger partial charge is 0.337 e. The molecule has 0 aliphatic carbocycles. The summed E-state index contributed by atoms with van der Waals surface area (Å²) >= 11 is 1.53. The average Bonchev–Trinajstić information content (AvgIpc) is 2.73. The Morgan fingerprint density at radius 2 is 1.83 bits per heavy atom. The molecule has 2 heterocycles. The first-order chi connectivity index (χ1) is 13.9. The van der Waals surface area contributed by atoms with Gasteiger partial charge in [0, 0.05) is 31.9 Å². The summed E-state index contributed by atoms with van der Waals surface area (Å²) in [7, 11) is 1.51. The van der Waals surface area contributed by atoms with E-state index in [0.717, 1.165) is 31.3 Å². The number of piperazine rings is 1. The number of aromatic carboxylic acids is 1. The van der Waals surface area contributed by atoms with Gasteiger partial charge in [-0.1, -0.05) is 29.5 Å². The maximum Gasteiger partial charge on any atom is 0.337 e. The molecule has 1 saturated heterocycles. The highest BCUT2D eigenvalue weighted by molar-refractivity contribution is 8.13. The molecule has 7 nitrogen and oxygen atoms in total. The van der Waals surface area contributed by atoms with Crippen LogP contribution >= 0.6 is 11.8 Å². The number of methoxy groups -OCH3 is 1. The summed E-state index contributed by atoms with van der Waals surface area (Å²) in [5, 5.41) is 10.2. The van der Waals surface area contributed by atoms with Crippen molar-refractivity contribution in [2.75, 3.05) is 44.4 Å². The number of ether oxygens (including phenoxy) is 1. The number of carbonyl (C=O) groups is 1. The van der Waals surface area contributed by atoms with Crippen LogP contribution in [0.4, 0.5) is 11.4 Å². The number of carboxylic acids is 1. The maximum absolute atomic E-state index is 11.5. The molecule has 3 rings (SSSR count). The molecule has 0 spiro atoms. The molecule has 1 N–H and O–H groups in total. The Kier molecular flexibility index (Phi) is 6.64. The van der Waals surface area contributed by atoms with Gasteiger partial charge in [0.25, 0.3) is 0 Å². The van der Waals surface area contributed by atoms with Crippen LogP contribution in [0, 0.1) is 13.8 Å². The van der Waals surface area contributed by atoms with Gasteiger partial charge in [-0.05, 0) is 38.3 Å². The number of carboxylic acid groups (broad SMARTS) is 1. The first kappa shape index (κ1) is 21.0. The molecular formula is C21H26N4O3S. The van der Waals surface area contributed by atoms with E-state index >= 15 is 0 Å². The van der Waals surface area contributed by atoms with Gasteiger partial charge in [-0.25, -0.2) is 14.8 Å². The molecule has 29 heavy (non-hydrogen) atoms. The first-order valence-electron chi connectivity index (χ1n) is 9.41. The van der Waals surface area contributed by atoms with E-state index in [2.05, 4.69) is 46.0 Å². The molecule has 1 aromatic heterocycles. The number of aromatic nitrogens is 1. The first-order valence-corrected chi connectivity index (χ1v) is 10.6. The van der Waals surface area contributed by atoms with Crippen molar-refractivity contribution < 1.29 is 14.6 Å². The fourth-order valence-electron chi connectivity index (χ4n) is 3.28. The molecular weight excluding hydrogens is 388 g/mol. The van der Waals surface area contributed by atoms with E-state index in [9.17, 15) is 9.90 Å². The summed E-state index contributed by atoms with van der Waals surface area (Å²) in [6.45, 7) is 7.20. The lowest BCUT2D eigenvalue weighted by Gasteiger charge is -2.37. The van der Waals surface area contributed by atoms with Crippen molar-refractivity contribution in [3.8, 4) is 5.88 Å². The van der Waals surface area contributed by atoms with Crippen LogP contribution in [0.1, 0.15) is 21.6 Å². The lowest BCUT2D eigenvalue weighted by Crippen LogP contribution is -2.48. The molecule has 8 heteroatoms. The molecule has 0 unspecified atom stereocenters. The predicted molar refractivity (Wildman–Crippen MR) is 118 cm³/mol. The van der Waals surface area contributed by atoms with Gasteiger partial charge in [0.05, 0.1) is 18.4 Å². The van der Waals surface area contributed by atoms with Crippen LogP contribution in [0.15, 0.2) is 35.3 Å². The molecule has 0 saturated carbocycles. The zero-order chi connectivity index (χ0) is 21.0. The third-order valence-electron chi connectivity index (χ3n) is 4.93. The van der Waals surface area contributed by atoms with Crippen molar-refractivity contribution in [2.24, 2.45) is 4.99 Å². The molecule has 0 bridgehead atoms. The summed E-state index contributed by atoms with van der Waals surface area (Å²) < 4.78 is 5.33. The molecule has 0 atom stereocenters. The second kappa shape index (κ2) is 9.17. The van der Waals surface area contributed by atoms with Gasteiger partial charge in [0.15, 0.2) is 5.17 Å². The number of pyridine rings is 1. The van der Waals surface area contributed by atoms with Gasteiger partial charge >= 0.3 is 5.97 Å². The Morgan fingerprint density at radius 3 is 2.38 bits per heavy atom. The minimum atomic E-state index is -1.02. The summed E-state index contributed by atoms with van der Waals surface area (Å²) in [5.74, 6) is -0.691. The Labute approximate surface area is 175 Å². The monoisotopic (exact) mass is 414 g/mol. The minimum absolute atomic E-state index is 0.134. The number of benzene rings is 1. The largest absolute Gasteiger partial charge is 0.479 e. The normalized spacial score (nSPS) is 14.8. The van der Waals surface area contributed by atoms with E-state index in [1.807, 2.05) is 6.26 Å². The quantitative estimate of drug-likeness (QED) is 0.605. The van der Waals surface area contributed by atoms with Crippen LogP contribution in [0.5, 0.6) is 5.88 Å². The molecule has 0 amide bonds. The third kappa shape index (κ3) is 4.82. The van der Waals surface area contributed by atoms with Crippen LogP contribution in [-0.4, -0.2) is 65.7 Å². The number of aryl methyl sites for hydroxylation is 2. The second-order valence-electron chi connectivity index (χ2n) is 6.86. The van der Waals surface area contributed by atoms with Crippen molar-refractivity contribution in [1.82, 2.24) is 9.88 Å². The van der Waals surface area contributed by atoms with Crippen LogP contribution in [-0.2, 0) is 0 Å². The lowest BCUT2D eigenvalue weighted by molar-refractivity contribution is 0.0695. The number of aliphatic imine (C=N–C) groups is 1. The minimum Gasteiger partial charge on any atom is -0.479 e. The third-order valence-corrected chi connectivity index (χ3v) is 5.65. The van der Waals surface area contributed by atoms with E-state index < -0.39 is 5.97 Å². The highest BCUT2D eigenvalue weighted by Gasteiger charge is 2.21. The zero-order valence-electron chi connectivity index (χ0n) is 17.2. The summed E-state index contributed by atoms with van der Waals surface area (Å²) in [6.07, 6.45) is 1.97. The van der Waals surface area contributed by atoms with Gasteiger partial charge in [-0.3, -0.25) is 0 Å². The SMILES string of the molecule is COc1nc(C)c(C(=O)O)cc1N=C(SC)N1CCN(c2ccc(C)cc2)CC1. The fourth-order valence-corrected chi connectivity index (χ4v) is 3.91. The molecule has 1 fully saturated rings. The standard InChI is InChI=1S/C21H26N4O3S/c1-14-5-7-16(8-6-14)24-9-11-25(12-10-24)21(29-4)23-18-13-17(20(26)27)15(2)22-19(18)28-3/h5-8,13H,9-12H2,1-4H3,(H,26,27). The van der Waals surface area contributed by atoms with Gasteiger partial charge in [0.1, 0.15) is 5.69 Å². The average molecular weight is 415 g/mol. The van der Waals surface area contributed by atoms with Crippen LogP contribution in [0.3, 0.4) is 0 Å². The topological polar surface area (TPSA) is 78.3 Å². The number of hydrogen-bond donors (Lipinski definition) is 1. The van der Waals surface area contributed by atoms with Gasteiger partial charge in [-0.15, -0.1) is 0 Å². The number of anilines is 1. The van der Waals surface area contributed by atoms with Gasteiger partial charge in [-0.2, -0.15) is 0 Å². The summed E-state index contributed by atoms with van der Waals surface area (Å²) in [5.41, 5.74) is 3.46. The van der Waals surface area contributed by atoms with Gasteiger partial charge < -0.3 is 19.6 Å². The molecule has 1 aromatic carbocycles. The Bertz CT molecular complexity index is 907. The number of hydrogen-bond acceptors (Lipinski definition) is 6. The summed E-state index contributed by atoms with van der Waals surface area (Å²) in [4.78, 5) is 25.0. The molecule has 1 aliphatic heterocycles. The number of nitrogens with zero attached hydrogens (tertiary/aromatic N) is 4. The van der Waals surface area contributed by atoms with E-state index in [0.29, 0.717) is 17.3 Å². The number of thioether (sulfide) groups is 1. The van der Waals surface area contributed by atoms with Crippen molar-refractivity contribution in [2.45, 2.75) is 13.8 Å². The Morgan fingerprint density at radius 1 is 1.17 bits per heavy atom. The molecule has 1 aliphatic rings. The van der Waals surface area contributed by atoms with E-state index in [4.69, 9.17) is 9.73 Å². The van der Waals surface area contributed by atoms with Crippen molar-refractivity contribution in [3.63, 3.8) is 0 Å². The number of rotatable bonds is 4. The van der Waals surface area contributed by atoms with Crippen molar-refractivity contribution >= 4 is 34.3 Å². The van der Waals surface area contributed by atoms with Crippen molar-refractivity contribution in [1.29, 1.82) is 0 Å². The number of amidine groups is 1. The van der Waals surface area contributed by atoms with E-state index in [-0.39, 0.29) is 5.56 Å². The maximum atomic E-state index is 11.5. The van der Waals surface area contributed by atoms with Crippen molar-refractivity contribution in [3.05, 3.63) is 47.2 Å². The second-order valence-corrected chi connectivity index (χ2v) is 7.64. The highest BCUT2D eigenvalue weighted by Crippen LogP contribution is 2.30. The molecule has 2 aromatic rings. The Balaban J connectivity index is 1.80. The van der Waals surface area contributed by atoms with E-state index in [1.165, 1.54) is 36.2 Å². The van der Waals surface area contributed by atoms with Gasteiger partial charge in [0.2, 0.25) is 5.88 Å². The Hall–Kier alpha value is -2.74. The highest BCUT2D eigenvalue weighted by atomic mass is 32.2. The van der Waals surface area contributed by atoms with Crippen LogP contribution < -0.4 is 9.64 Å². The predicted octanol–water partition coefficient (Wildman–Crippen LogP) is 3.58. The van der Waals surface area contributed by atoms with Crippen LogP contribution in [0.2, 0.25) is 0 Å². The fraction of sp³-hybridized carbons (Fsp3) is 0.381. The van der Waals surface area contributed by atoms with Crippen LogP contribution in [0.25, 0.3) is 0 Å². The lowest BCUT2D eigenvalue weighted by atomic mass is 10.2. The molecule has 0 radical (unpaired) electrons. The van der Waals surface area contributed by atoms with E-state index in [1.54, 1.807) is 6.92 Å². The summed E-state index contributed by atoms with van der Waals surface area (Å²) in [6, 6.07) is 10.1.